The number of aliphatic hydroxyl groups excluding tert-OH is 1. The van der Waals surface area contributed by atoms with Crippen LogP contribution in [0, 0.1) is 0 Å². The molecule has 0 bridgehead atoms. The van der Waals surface area contributed by atoms with Crippen molar-refractivity contribution in [3.05, 3.63) is 29.8 Å². The van der Waals surface area contributed by atoms with Crippen LogP contribution in [0.1, 0.15) is 12.5 Å². The van der Waals surface area contributed by atoms with Crippen LogP contribution in [0.5, 0.6) is 5.75 Å². The van der Waals surface area contributed by atoms with Gasteiger partial charge in [0.2, 0.25) is 0 Å². The monoisotopic (exact) mass is 239 g/mol. The van der Waals surface area contributed by atoms with E-state index >= 15 is 0 Å². The average molecular weight is 239 g/mol. The summed E-state index contributed by atoms with van der Waals surface area (Å²) in [7, 11) is 0. The number of rotatable bonds is 9. The van der Waals surface area contributed by atoms with E-state index in [2.05, 4.69) is 5.32 Å². The third-order valence-corrected chi connectivity index (χ3v) is 2.22. The van der Waals surface area contributed by atoms with Crippen molar-refractivity contribution in [3.8, 4) is 5.75 Å². The number of nitrogens with one attached hydrogen (secondary N) is 1. The van der Waals surface area contributed by atoms with E-state index in [1.165, 1.54) is 0 Å². The summed E-state index contributed by atoms with van der Waals surface area (Å²) >= 11 is 0. The minimum Gasteiger partial charge on any atom is -0.491 e. The molecule has 0 atom stereocenters. The predicted molar refractivity (Wildman–Crippen MR) is 67.2 cm³/mol. The van der Waals surface area contributed by atoms with E-state index in [0.29, 0.717) is 26.4 Å². The fourth-order valence-electron chi connectivity index (χ4n) is 1.42. The summed E-state index contributed by atoms with van der Waals surface area (Å²) < 4.78 is 10.8. The van der Waals surface area contributed by atoms with Gasteiger partial charge in [-0.15, -0.1) is 0 Å². The molecule has 2 N–H and O–H groups in total. The molecule has 0 heterocycles. The summed E-state index contributed by atoms with van der Waals surface area (Å²) in [6.45, 7) is 5.37. The second-order valence-corrected chi connectivity index (χ2v) is 3.59. The molecule has 0 fully saturated rings. The zero-order valence-corrected chi connectivity index (χ0v) is 10.3. The maximum atomic E-state index is 8.66. The fourth-order valence-corrected chi connectivity index (χ4v) is 1.42. The first kappa shape index (κ1) is 14.0. The fraction of sp³-hybridized carbons (Fsp3) is 0.538. The van der Waals surface area contributed by atoms with Crippen LogP contribution in [-0.2, 0) is 11.3 Å². The number of benzene rings is 1. The Balaban J connectivity index is 2.31. The van der Waals surface area contributed by atoms with E-state index < -0.39 is 0 Å². The van der Waals surface area contributed by atoms with Crippen molar-refractivity contribution in [3.63, 3.8) is 0 Å². The predicted octanol–water partition coefficient (Wildman–Crippen LogP) is 1.18. The molecule has 96 valence electrons. The first-order valence-electron chi connectivity index (χ1n) is 5.98. The smallest absolute Gasteiger partial charge is 0.119 e. The Bertz CT molecular complexity index is 304. The molecule has 4 heteroatoms. The third kappa shape index (κ3) is 6.26. The molecular formula is C13H21NO3. The molecule has 1 aromatic rings. The summed E-state index contributed by atoms with van der Waals surface area (Å²) in [5.41, 5.74) is 1.15. The van der Waals surface area contributed by atoms with Gasteiger partial charge < -0.3 is 19.9 Å². The van der Waals surface area contributed by atoms with Gasteiger partial charge in [-0.1, -0.05) is 12.1 Å². The van der Waals surface area contributed by atoms with Crippen LogP contribution >= 0.6 is 0 Å². The van der Waals surface area contributed by atoms with E-state index in [1.807, 2.05) is 31.2 Å². The molecule has 0 aliphatic carbocycles. The Kier molecular flexibility index (Phi) is 7.38. The van der Waals surface area contributed by atoms with Gasteiger partial charge in [-0.2, -0.15) is 0 Å². The molecule has 17 heavy (non-hydrogen) atoms. The maximum absolute atomic E-state index is 8.66. The molecule has 0 radical (unpaired) electrons. The Morgan fingerprint density at radius 2 is 2.18 bits per heavy atom. The van der Waals surface area contributed by atoms with Crippen LogP contribution in [0.2, 0.25) is 0 Å². The van der Waals surface area contributed by atoms with Crippen LogP contribution in [0.3, 0.4) is 0 Å². The molecule has 0 spiro atoms. The number of ether oxygens (including phenoxy) is 2. The Labute approximate surface area is 103 Å². The van der Waals surface area contributed by atoms with Gasteiger partial charge in [0.05, 0.1) is 13.2 Å². The largest absolute Gasteiger partial charge is 0.491 e. The van der Waals surface area contributed by atoms with Crippen molar-refractivity contribution in [2.24, 2.45) is 0 Å². The quantitative estimate of drug-likeness (QED) is 0.635. The summed E-state index contributed by atoms with van der Waals surface area (Å²) in [5.74, 6) is 0.855. The summed E-state index contributed by atoms with van der Waals surface area (Å²) in [5, 5.41) is 11.8. The molecule has 4 nitrogen and oxygen atoms in total. The number of hydrogen-bond acceptors (Lipinski definition) is 4. The highest BCUT2D eigenvalue weighted by molar-refractivity contribution is 5.28. The minimum atomic E-state index is 0.157. The molecule has 0 amide bonds. The first-order chi connectivity index (χ1) is 8.36. The van der Waals surface area contributed by atoms with Crippen LogP contribution in [0.4, 0.5) is 0 Å². The molecule has 0 aliphatic heterocycles. The highest BCUT2D eigenvalue weighted by atomic mass is 16.5. The number of hydrogen-bond donors (Lipinski definition) is 2. The standard InChI is InChI=1S/C13H21NO3/c1-2-16-8-9-17-13-5-3-4-12(10-13)11-14-6-7-15/h3-5,10,14-15H,2,6-9,11H2,1H3. The summed E-state index contributed by atoms with van der Waals surface area (Å²) in [6.07, 6.45) is 0. The highest BCUT2D eigenvalue weighted by Gasteiger charge is 1.97. The van der Waals surface area contributed by atoms with Crippen molar-refractivity contribution in [1.29, 1.82) is 0 Å². The lowest BCUT2D eigenvalue weighted by atomic mass is 10.2. The van der Waals surface area contributed by atoms with Gasteiger partial charge in [0, 0.05) is 19.7 Å². The zero-order chi connectivity index (χ0) is 12.3. The van der Waals surface area contributed by atoms with Crippen molar-refractivity contribution in [2.75, 3.05) is 33.0 Å². The second-order valence-electron chi connectivity index (χ2n) is 3.59. The van der Waals surface area contributed by atoms with Crippen molar-refractivity contribution in [1.82, 2.24) is 5.32 Å². The lowest BCUT2D eigenvalue weighted by Gasteiger charge is -2.08. The first-order valence-corrected chi connectivity index (χ1v) is 5.98. The van der Waals surface area contributed by atoms with Gasteiger partial charge in [-0.25, -0.2) is 0 Å². The van der Waals surface area contributed by atoms with E-state index in [4.69, 9.17) is 14.6 Å². The molecular weight excluding hydrogens is 218 g/mol. The number of aliphatic hydroxyl groups is 1. The Morgan fingerprint density at radius 3 is 2.94 bits per heavy atom. The minimum absolute atomic E-state index is 0.157. The van der Waals surface area contributed by atoms with Crippen molar-refractivity contribution in [2.45, 2.75) is 13.5 Å². The van der Waals surface area contributed by atoms with Gasteiger partial charge in [-0.05, 0) is 24.6 Å². The van der Waals surface area contributed by atoms with E-state index in [0.717, 1.165) is 17.9 Å². The van der Waals surface area contributed by atoms with Crippen LogP contribution in [0.25, 0.3) is 0 Å². The van der Waals surface area contributed by atoms with Gasteiger partial charge >= 0.3 is 0 Å². The lowest BCUT2D eigenvalue weighted by molar-refractivity contribution is 0.110. The molecule has 0 aromatic heterocycles. The molecule has 0 unspecified atom stereocenters. The summed E-state index contributed by atoms with van der Waals surface area (Å²) in [6, 6.07) is 7.92. The van der Waals surface area contributed by atoms with Gasteiger partial charge in [0.25, 0.3) is 0 Å². The molecule has 0 saturated heterocycles. The van der Waals surface area contributed by atoms with E-state index in [-0.39, 0.29) is 6.61 Å². The SMILES string of the molecule is CCOCCOc1cccc(CNCCO)c1. The summed E-state index contributed by atoms with van der Waals surface area (Å²) in [4.78, 5) is 0. The van der Waals surface area contributed by atoms with Gasteiger partial charge in [-0.3, -0.25) is 0 Å². The lowest BCUT2D eigenvalue weighted by Crippen LogP contribution is -2.17. The molecule has 1 rings (SSSR count). The molecule has 0 saturated carbocycles. The van der Waals surface area contributed by atoms with Crippen molar-refractivity contribution >= 4 is 0 Å². The molecule has 0 aliphatic rings. The average Bonchev–Trinajstić information content (AvgIpc) is 2.36. The molecule has 1 aromatic carbocycles. The maximum Gasteiger partial charge on any atom is 0.119 e. The third-order valence-electron chi connectivity index (χ3n) is 2.22. The van der Waals surface area contributed by atoms with E-state index in [9.17, 15) is 0 Å². The second kappa shape index (κ2) is 8.98. The van der Waals surface area contributed by atoms with Crippen LogP contribution in [-0.4, -0.2) is 38.1 Å². The van der Waals surface area contributed by atoms with Crippen LogP contribution in [0.15, 0.2) is 24.3 Å². The highest BCUT2D eigenvalue weighted by Crippen LogP contribution is 2.12. The Hall–Kier alpha value is -1.10. The Morgan fingerprint density at radius 1 is 1.29 bits per heavy atom. The normalized spacial score (nSPS) is 10.5. The van der Waals surface area contributed by atoms with Crippen LogP contribution < -0.4 is 10.1 Å². The van der Waals surface area contributed by atoms with E-state index in [1.54, 1.807) is 0 Å². The van der Waals surface area contributed by atoms with Gasteiger partial charge in [0.1, 0.15) is 12.4 Å². The topological polar surface area (TPSA) is 50.7 Å². The zero-order valence-electron chi connectivity index (χ0n) is 10.3. The van der Waals surface area contributed by atoms with Crippen molar-refractivity contribution < 1.29 is 14.6 Å². The van der Waals surface area contributed by atoms with Gasteiger partial charge in [0.15, 0.2) is 0 Å².